The third-order valence-electron chi connectivity index (χ3n) is 4.81. The summed E-state index contributed by atoms with van der Waals surface area (Å²) in [5.74, 6) is -1.01. The number of thioether (sulfide) groups is 1. The zero-order valence-electron chi connectivity index (χ0n) is 14.2. The van der Waals surface area contributed by atoms with Gasteiger partial charge in [-0.05, 0) is 38.5 Å². The van der Waals surface area contributed by atoms with E-state index in [1.165, 1.54) is 0 Å². The van der Waals surface area contributed by atoms with Gasteiger partial charge in [-0.2, -0.15) is 0 Å². The van der Waals surface area contributed by atoms with E-state index < -0.39 is 17.9 Å². The van der Waals surface area contributed by atoms with Gasteiger partial charge in [0.05, 0.1) is 18.8 Å². The minimum Gasteiger partial charge on any atom is -0.450 e. The Bertz CT molecular complexity index is 529. The number of rotatable bonds is 1. The lowest BCUT2D eigenvalue weighted by Gasteiger charge is -2.44. The molecule has 2 saturated heterocycles. The molecule has 3 heterocycles. The molecule has 0 spiro atoms. The number of carbonyl (C=O) groups excluding carboxylic acids is 2. The zero-order valence-corrected chi connectivity index (χ0v) is 15.1. The third kappa shape index (κ3) is 5.12. The largest absolute Gasteiger partial charge is 0.450 e. The van der Waals surface area contributed by atoms with Crippen LogP contribution in [0.3, 0.4) is 0 Å². The van der Waals surface area contributed by atoms with E-state index in [2.05, 4.69) is 22.8 Å². The SMILES string of the molecule is O=C1NC2C[C@@H](CCC/C=C\CCCO1)OC(O)(C1CSC(=O)N1)C2. The van der Waals surface area contributed by atoms with Gasteiger partial charge < -0.3 is 25.2 Å². The minimum atomic E-state index is -1.47. The van der Waals surface area contributed by atoms with Gasteiger partial charge in [0.15, 0.2) is 5.79 Å². The summed E-state index contributed by atoms with van der Waals surface area (Å²) in [5.41, 5.74) is 0. The van der Waals surface area contributed by atoms with Gasteiger partial charge >= 0.3 is 6.09 Å². The first-order valence-electron chi connectivity index (χ1n) is 8.97. The van der Waals surface area contributed by atoms with Crippen molar-refractivity contribution in [1.29, 1.82) is 0 Å². The normalized spacial score (nSPS) is 38.8. The highest BCUT2D eigenvalue weighted by molar-refractivity contribution is 8.14. The molecule has 0 radical (unpaired) electrons. The van der Waals surface area contributed by atoms with Gasteiger partial charge in [0.25, 0.3) is 5.24 Å². The molecule has 2 bridgehead atoms. The van der Waals surface area contributed by atoms with Crippen LogP contribution in [0.4, 0.5) is 9.59 Å². The van der Waals surface area contributed by atoms with Gasteiger partial charge in [-0.15, -0.1) is 0 Å². The highest BCUT2D eigenvalue weighted by Gasteiger charge is 2.48. The van der Waals surface area contributed by atoms with E-state index in [-0.39, 0.29) is 23.8 Å². The summed E-state index contributed by atoms with van der Waals surface area (Å²) < 4.78 is 11.2. The lowest BCUT2D eigenvalue weighted by Crippen LogP contribution is -2.60. The summed E-state index contributed by atoms with van der Waals surface area (Å²) in [5, 5.41) is 16.5. The number of alkyl carbamates (subject to hydrolysis) is 1. The maximum Gasteiger partial charge on any atom is 0.407 e. The van der Waals surface area contributed by atoms with Crippen molar-refractivity contribution >= 4 is 23.1 Å². The Labute approximate surface area is 151 Å². The Balaban J connectivity index is 1.70. The number of cyclic esters (lactones) is 1. The van der Waals surface area contributed by atoms with Crippen molar-refractivity contribution in [2.75, 3.05) is 12.4 Å². The first-order valence-corrected chi connectivity index (χ1v) is 9.95. The molecule has 140 valence electrons. The molecule has 0 aromatic rings. The molecule has 3 aliphatic heterocycles. The van der Waals surface area contributed by atoms with Crippen LogP contribution in [-0.2, 0) is 9.47 Å². The molecule has 0 aliphatic carbocycles. The third-order valence-corrected chi connectivity index (χ3v) is 5.69. The molecule has 3 aliphatic rings. The second kappa shape index (κ2) is 8.42. The van der Waals surface area contributed by atoms with Gasteiger partial charge in [0, 0.05) is 18.2 Å². The molecule has 3 unspecified atom stereocenters. The summed E-state index contributed by atoms with van der Waals surface area (Å²) in [6, 6.07) is -0.705. The molecule has 2 fully saturated rings. The maximum atomic E-state index is 12.0. The number of aliphatic hydroxyl groups is 1. The van der Waals surface area contributed by atoms with Crippen LogP contribution in [0.15, 0.2) is 12.2 Å². The summed E-state index contributed by atoms with van der Waals surface area (Å²) in [4.78, 5) is 23.5. The fourth-order valence-electron chi connectivity index (χ4n) is 3.55. The fourth-order valence-corrected chi connectivity index (χ4v) is 4.44. The zero-order chi connectivity index (χ0) is 17.7. The average molecular weight is 370 g/mol. The number of hydrogen-bond donors (Lipinski definition) is 3. The second-order valence-electron chi connectivity index (χ2n) is 6.84. The van der Waals surface area contributed by atoms with E-state index in [4.69, 9.17) is 9.47 Å². The number of nitrogens with one attached hydrogen (secondary N) is 2. The van der Waals surface area contributed by atoms with Gasteiger partial charge in [-0.25, -0.2) is 4.79 Å². The molecular formula is C17H26N2O5S. The topological polar surface area (TPSA) is 96.9 Å². The standard InChI is InChI=1S/C17H26N2O5S/c20-15-18-12-9-13(7-5-3-1-2-4-6-8-23-15)24-17(22,10-12)14-11-25-16(21)19-14/h1-2,12-14,22H,3-11H2,(H,18,20)(H,19,21)/b2-1-/t12?,13-,14?,17?/m1/s1. The van der Waals surface area contributed by atoms with E-state index in [0.29, 0.717) is 18.8 Å². The predicted molar refractivity (Wildman–Crippen MR) is 94.3 cm³/mol. The number of ether oxygens (including phenoxy) is 2. The predicted octanol–water partition coefficient (Wildman–Crippen LogP) is 2.29. The Morgan fingerprint density at radius 2 is 2.00 bits per heavy atom. The van der Waals surface area contributed by atoms with Crippen molar-refractivity contribution in [3.63, 3.8) is 0 Å². The van der Waals surface area contributed by atoms with Crippen LogP contribution in [0.5, 0.6) is 0 Å². The van der Waals surface area contributed by atoms with E-state index in [1.807, 2.05) is 0 Å². The molecule has 4 atom stereocenters. The van der Waals surface area contributed by atoms with Crippen LogP contribution < -0.4 is 10.6 Å². The van der Waals surface area contributed by atoms with Crippen LogP contribution in [-0.4, -0.2) is 52.8 Å². The lowest BCUT2D eigenvalue weighted by atomic mass is 9.90. The van der Waals surface area contributed by atoms with E-state index in [9.17, 15) is 14.7 Å². The number of amides is 2. The minimum absolute atomic E-state index is 0.152. The summed E-state index contributed by atoms with van der Waals surface area (Å²) >= 11 is 1.14. The monoisotopic (exact) mass is 370 g/mol. The smallest absolute Gasteiger partial charge is 0.407 e. The summed E-state index contributed by atoms with van der Waals surface area (Å²) in [7, 11) is 0. The van der Waals surface area contributed by atoms with Crippen LogP contribution >= 0.6 is 11.8 Å². The number of allylic oxidation sites excluding steroid dienone is 2. The van der Waals surface area contributed by atoms with E-state index in [1.54, 1.807) is 0 Å². The van der Waals surface area contributed by atoms with Gasteiger partial charge in [-0.3, -0.25) is 4.79 Å². The summed E-state index contributed by atoms with van der Waals surface area (Å²) in [6.07, 6.45) is 8.93. The summed E-state index contributed by atoms with van der Waals surface area (Å²) in [6.45, 7) is 0.377. The molecule has 8 heteroatoms. The average Bonchev–Trinajstić information content (AvgIpc) is 2.99. The highest BCUT2D eigenvalue weighted by atomic mass is 32.2. The Morgan fingerprint density at radius 1 is 1.20 bits per heavy atom. The number of carbonyl (C=O) groups is 2. The molecule has 3 N–H and O–H groups in total. The van der Waals surface area contributed by atoms with Crippen molar-refractivity contribution in [2.45, 2.75) is 68.9 Å². The molecule has 3 rings (SSSR count). The van der Waals surface area contributed by atoms with E-state index in [0.717, 1.165) is 43.9 Å². The highest BCUT2D eigenvalue weighted by Crippen LogP contribution is 2.35. The van der Waals surface area contributed by atoms with Crippen LogP contribution in [0.1, 0.15) is 44.9 Å². The van der Waals surface area contributed by atoms with Crippen molar-refractivity contribution in [3.05, 3.63) is 12.2 Å². The van der Waals surface area contributed by atoms with E-state index >= 15 is 0 Å². The molecule has 25 heavy (non-hydrogen) atoms. The second-order valence-corrected chi connectivity index (χ2v) is 7.83. The van der Waals surface area contributed by atoms with Crippen LogP contribution in [0.25, 0.3) is 0 Å². The molecule has 7 nitrogen and oxygen atoms in total. The lowest BCUT2D eigenvalue weighted by molar-refractivity contribution is -0.269. The van der Waals surface area contributed by atoms with Crippen LogP contribution in [0, 0.1) is 0 Å². The van der Waals surface area contributed by atoms with Gasteiger partial charge in [-0.1, -0.05) is 23.9 Å². The molecule has 0 saturated carbocycles. The first-order chi connectivity index (χ1) is 12.0. The maximum absolute atomic E-state index is 12.0. The Kier molecular flexibility index (Phi) is 6.24. The first kappa shape index (κ1) is 18.5. The van der Waals surface area contributed by atoms with Crippen molar-refractivity contribution in [1.82, 2.24) is 10.6 Å². The fraction of sp³-hybridized carbons (Fsp3) is 0.765. The van der Waals surface area contributed by atoms with Crippen LogP contribution in [0.2, 0.25) is 0 Å². The molecule has 0 aromatic heterocycles. The Morgan fingerprint density at radius 3 is 2.76 bits per heavy atom. The van der Waals surface area contributed by atoms with Crippen molar-refractivity contribution in [2.24, 2.45) is 0 Å². The van der Waals surface area contributed by atoms with Gasteiger partial charge in [0.1, 0.15) is 0 Å². The van der Waals surface area contributed by atoms with Crippen molar-refractivity contribution < 1.29 is 24.2 Å². The molecular weight excluding hydrogens is 344 g/mol. The Hall–Kier alpha value is -1.25. The number of fused-ring (bicyclic) bond motifs is 2. The quantitative estimate of drug-likeness (QED) is 0.613. The molecule has 2 amide bonds. The number of hydrogen-bond acceptors (Lipinski definition) is 6. The van der Waals surface area contributed by atoms with Gasteiger partial charge in [0.2, 0.25) is 0 Å². The molecule has 0 aromatic carbocycles. The van der Waals surface area contributed by atoms with Crippen molar-refractivity contribution in [3.8, 4) is 0 Å².